The Balaban J connectivity index is 1.60. The topological polar surface area (TPSA) is 79.9 Å². The second kappa shape index (κ2) is 8.80. The first kappa shape index (κ1) is 19.7. The van der Waals surface area contributed by atoms with Crippen molar-refractivity contribution in [1.82, 2.24) is 15.0 Å². The number of aromatic nitrogens is 3. The largest absolute Gasteiger partial charge is 0.477 e. The lowest BCUT2D eigenvalue weighted by molar-refractivity contribution is 0.102. The van der Waals surface area contributed by atoms with Gasteiger partial charge in [0, 0.05) is 17.4 Å². The molecule has 0 atom stereocenters. The van der Waals surface area contributed by atoms with Gasteiger partial charge < -0.3 is 15.0 Å². The summed E-state index contributed by atoms with van der Waals surface area (Å²) in [7, 11) is 0. The average Bonchev–Trinajstić information content (AvgIpc) is 3.26. The van der Waals surface area contributed by atoms with E-state index in [0.29, 0.717) is 40.1 Å². The van der Waals surface area contributed by atoms with E-state index in [1.165, 1.54) is 0 Å². The third-order valence-electron chi connectivity index (χ3n) is 4.44. The van der Waals surface area contributed by atoms with Crippen molar-refractivity contribution in [2.24, 2.45) is 0 Å². The summed E-state index contributed by atoms with van der Waals surface area (Å²) in [5.41, 5.74) is 3.54. The van der Waals surface area contributed by atoms with Gasteiger partial charge in [0.1, 0.15) is 11.4 Å². The summed E-state index contributed by atoms with van der Waals surface area (Å²) in [6.45, 7) is 2.26. The minimum Gasteiger partial charge on any atom is -0.477 e. The fraction of sp³-hybridized carbons (Fsp3) is 0.0870. The molecule has 0 unspecified atom stereocenters. The molecule has 0 fully saturated rings. The first-order valence-electron chi connectivity index (χ1n) is 9.45. The van der Waals surface area contributed by atoms with Gasteiger partial charge in [-0.05, 0) is 42.8 Å². The second-order valence-electron chi connectivity index (χ2n) is 6.45. The SMILES string of the molecule is CCOc1ncccc1C(=O)Nc1ccc(Cl)c(-c2ncc(-c3ccccc3)[nH]2)c1. The first-order chi connectivity index (χ1) is 14.7. The van der Waals surface area contributed by atoms with Crippen molar-refractivity contribution in [3.63, 3.8) is 0 Å². The summed E-state index contributed by atoms with van der Waals surface area (Å²) in [5, 5.41) is 3.40. The van der Waals surface area contributed by atoms with Crippen molar-refractivity contribution >= 4 is 23.2 Å². The minimum absolute atomic E-state index is 0.297. The van der Waals surface area contributed by atoms with Gasteiger partial charge in [-0.15, -0.1) is 0 Å². The van der Waals surface area contributed by atoms with Crippen molar-refractivity contribution in [2.75, 3.05) is 11.9 Å². The van der Waals surface area contributed by atoms with E-state index in [4.69, 9.17) is 16.3 Å². The molecule has 2 N–H and O–H groups in total. The van der Waals surface area contributed by atoms with Gasteiger partial charge in [0.2, 0.25) is 5.88 Å². The van der Waals surface area contributed by atoms with Crippen LogP contribution in [0.3, 0.4) is 0 Å². The molecule has 0 spiro atoms. The summed E-state index contributed by atoms with van der Waals surface area (Å²) >= 11 is 6.40. The predicted octanol–water partition coefficient (Wildman–Crippen LogP) is 5.44. The van der Waals surface area contributed by atoms with Gasteiger partial charge in [-0.25, -0.2) is 9.97 Å². The van der Waals surface area contributed by atoms with Crippen LogP contribution in [-0.2, 0) is 0 Å². The molecular weight excluding hydrogens is 400 g/mol. The molecule has 0 bridgehead atoms. The highest BCUT2D eigenvalue weighted by atomic mass is 35.5. The summed E-state index contributed by atoms with van der Waals surface area (Å²) in [6, 6.07) is 18.5. The van der Waals surface area contributed by atoms with Crippen molar-refractivity contribution in [2.45, 2.75) is 6.92 Å². The number of nitrogens with one attached hydrogen (secondary N) is 2. The van der Waals surface area contributed by atoms with Crippen molar-refractivity contribution in [3.05, 3.63) is 83.6 Å². The van der Waals surface area contributed by atoms with E-state index in [2.05, 4.69) is 20.3 Å². The maximum absolute atomic E-state index is 12.7. The molecule has 1 amide bonds. The lowest BCUT2D eigenvalue weighted by Crippen LogP contribution is -2.14. The van der Waals surface area contributed by atoms with Crippen LogP contribution in [0.25, 0.3) is 22.6 Å². The molecule has 2 aromatic heterocycles. The fourth-order valence-corrected chi connectivity index (χ4v) is 3.23. The van der Waals surface area contributed by atoms with Gasteiger partial charge in [0.15, 0.2) is 0 Å². The van der Waals surface area contributed by atoms with Gasteiger partial charge in [-0.3, -0.25) is 4.79 Å². The number of benzene rings is 2. The number of nitrogens with zero attached hydrogens (tertiary/aromatic N) is 2. The predicted molar refractivity (Wildman–Crippen MR) is 118 cm³/mol. The molecule has 0 saturated carbocycles. The Hall–Kier alpha value is -3.64. The van der Waals surface area contributed by atoms with E-state index < -0.39 is 0 Å². The number of carbonyl (C=O) groups is 1. The maximum atomic E-state index is 12.7. The van der Waals surface area contributed by atoms with Crippen LogP contribution in [0.2, 0.25) is 5.02 Å². The van der Waals surface area contributed by atoms with Crippen molar-refractivity contribution in [1.29, 1.82) is 0 Å². The number of hydrogen-bond donors (Lipinski definition) is 2. The summed E-state index contributed by atoms with van der Waals surface area (Å²) in [4.78, 5) is 24.6. The van der Waals surface area contributed by atoms with Crippen LogP contribution in [0.5, 0.6) is 5.88 Å². The number of pyridine rings is 1. The van der Waals surface area contributed by atoms with Crippen LogP contribution in [0.1, 0.15) is 17.3 Å². The number of halogens is 1. The zero-order chi connectivity index (χ0) is 20.9. The van der Waals surface area contributed by atoms with Crippen LogP contribution in [0.4, 0.5) is 5.69 Å². The highest BCUT2D eigenvalue weighted by Gasteiger charge is 2.15. The van der Waals surface area contributed by atoms with E-state index in [-0.39, 0.29) is 5.91 Å². The van der Waals surface area contributed by atoms with E-state index in [1.807, 2.05) is 37.3 Å². The molecule has 150 valence electrons. The number of imidazole rings is 1. The fourth-order valence-electron chi connectivity index (χ4n) is 3.02. The van der Waals surface area contributed by atoms with Crippen LogP contribution >= 0.6 is 11.6 Å². The van der Waals surface area contributed by atoms with Crippen molar-refractivity contribution < 1.29 is 9.53 Å². The van der Waals surface area contributed by atoms with Crippen molar-refractivity contribution in [3.8, 4) is 28.5 Å². The number of hydrogen-bond acceptors (Lipinski definition) is 4. The monoisotopic (exact) mass is 418 g/mol. The zero-order valence-corrected chi connectivity index (χ0v) is 17.0. The Morgan fingerprint density at radius 3 is 2.73 bits per heavy atom. The second-order valence-corrected chi connectivity index (χ2v) is 6.86. The first-order valence-corrected chi connectivity index (χ1v) is 9.83. The molecule has 7 heteroatoms. The highest BCUT2D eigenvalue weighted by Crippen LogP contribution is 2.30. The molecule has 0 aliphatic carbocycles. The van der Waals surface area contributed by atoms with E-state index >= 15 is 0 Å². The van der Waals surface area contributed by atoms with Gasteiger partial charge in [0.25, 0.3) is 5.91 Å². The summed E-state index contributed by atoms with van der Waals surface area (Å²) in [6.07, 6.45) is 3.35. The molecule has 0 aliphatic rings. The molecule has 30 heavy (non-hydrogen) atoms. The van der Waals surface area contributed by atoms with E-state index in [0.717, 1.165) is 11.3 Å². The Morgan fingerprint density at radius 1 is 1.10 bits per heavy atom. The molecule has 0 saturated heterocycles. The number of ether oxygens (including phenoxy) is 1. The Kier molecular flexibility index (Phi) is 5.77. The number of H-pyrrole nitrogens is 1. The van der Waals surface area contributed by atoms with Crippen LogP contribution in [0.15, 0.2) is 73.1 Å². The zero-order valence-electron chi connectivity index (χ0n) is 16.2. The molecule has 2 aromatic carbocycles. The number of amides is 1. The quantitative estimate of drug-likeness (QED) is 0.436. The van der Waals surface area contributed by atoms with Gasteiger partial charge in [-0.2, -0.15) is 0 Å². The summed E-state index contributed by atoms with van der Waals surface area (Å²) in [5.74, 6) is 0.598. The Morgan fingerprint density at radius 2 is 1.93 bits per heavy atom. The molecule has 6 nitrogen and oxygen atoms in total. The number of rotatable bonds is 6. The smallest absolute Gasteiger partial charge is 0.261 e. The third kappa shape index (κ3) is 4.18. The normalized spacial score (nSPS) is 10.6. The molecule has 0 radical (unpaired) electrons. The Labute approximate surface area is 178 Å². The summed E-state index contributed by atoms with van der Waals surface area (Å²) < 4.78 is 5.44. The van der Waals surface area contributed by atoms with Gasteiger partial charge in [-0.1, -0.05) is 41.9 Å². The number of carbonyl (C=O) groups excluding carboxylic acids is 1. The van der Waals surface area contributed by atoms with Gasteiger partial charge >= 0.3 is 0 Å². The standard InChI is InChI=1S/C23H19ClN4O2/c1-2-30-23-17(9-6-12-25-23)22(29)27-16-10-11-19(24)18(13-16)21-26-14-20(28-21)15-7-4-3-5-8-15/h3-14H,2H2,1H3,(H,26,28)(H,27,29). The lowest BCUT2D eigenvalue weighted by Gasteiger charge is -2.10. The van der Waals surface area contributed by atoms with E-state index in [9.17, 15) is 4.79 Å². The molecule has 0 aliphatic heterocycles. The van der Waals surface area contributed by atoms with Crippen LogP contribution in [0, 0.1) is 0 Å². The molecule has 2 heterocycles. The maximum Gasteiger partial charge on any atom is 0.261 e. The number of anilines is 1. The lowest BCUT2D eigenvalue weighted by atomic mass is 10.1. The van der Waals surface area contributed by atoms with Crippen LogP contribution < -0.4 is 10.1 Å². The average molecular weight is 419 g/mol. The minimum atomic E-state index is -0.316. The third-order valence-corrected chi connectivity index (χ3v) is 4.77. The molecule has 4 rings (SSSR count). The highest BCUT2D eigenvalue weighted by molar-refractivity contribution is 6.33. The van der Waals surface area contributed by atoms with E-state index in [1.54, 1.807) is 42.7 Å². The molecule has 4 aromatic rings. The molecular formula is C23H19ClN4O2. The number of aromatic amines is 1. The Bertz CT molecular complexity index is 1170. The van der Waals surface area contributed by atoms with Gasteiger partial charge in [0.05, 0.1) is 23.5 Å². The van der Waals surface area contributed by atoms with Crippen LogP contribution in [-0.4, -0.2) is 27.5 Å².